The maximum absolute atomic E-state index is 12.4. The van der Waals surface area contributed by atoms with Gasteiger partial charge in [0.1, 0.15) is 5.56 Å². The molecule has 0 saturated carbocycles. The summed E-state index contributed by atoms with van der Waals surface area (Å²) in [6.45, 7) is 4.23. The molecule has 4 nitrogen and oxygen atoms in total. The van der Waals surface area contributed by atoms with Crippen LogP contribution in [-0.2, 0) is 0 Å². The van der Waals surface area contributed by atoms with Gasteiger partial charge in [0.15, 0.2) is 0 Å². The first kappa shape index (κ1) is 16.7. The topological polar surface area (TPSA) is 62.0 Å². The lowest BCUT2D eigenvalue weighted by Gasteiger charge is -2.09. The zero-order valence-corrected chi connectivity index (χ0v) is 14.2. The van der Waals surface area contributed by atoms with Crippen LogP contribution in [0.15, 0.2) is 71.5 Å². The first-order valence-corrected chi connectivity index (χ1v) is 8.24. The zero-order chi connectivity index (χ0) is 17.8. The molecule has 0 bridgehead atoms. The van der Waals surface area contributed by atoms with Gasteiger partial charge >= 0.3 is 0 Å². The van der Waals surface area contributed by atoms with Crippen LogP contribution in [0.4, 0.5) is 5.69 Å². The Morgan fingerprint density at radius 3 is 2.20 bits per heavy atom. The van der Waals surface area contributed by atoms with Crippen LogP contribution >= 0.6 is 0 Å². The number of carbonyl (C=O) groups excluding carboxylic acids is 1. The molecule has 4 heteroatoms. The van der Waals surface area contributed by atoms with Crippen LogP contribution < -0.4 is 10.9 Å². The Morgan fingerprint density at radius 1 is 0.920 bits per heavy atom. The molecule has 0 fully saturated rings. The number of anilines is 1. The molecule has 2 aromatic carbocycles. The van der Waals surface area contributed by atoms with Gasteiger partial charge in [0.25, 0.3) is 11.5 Å². The first-order chi connectivity index (χ1) is 12.0. The van der Waals surface area contributed by atoms with Crippen LogP contribution in [0, 0.1) is 0 Å². The number of aromatic amines is 1. The summed E-state index contributed by atoms with van der Waals surface area (Å²) in [5.41, 5.74) is 3.13. The number of carbonyl (C=O) groups is 1. The van der Waals surface area contributed by atoms with E-state index in [0.717, 1.165) is 5.56 Å². The predicted octanol–water partition coefficient (Wildman–Crippen LogP) is 4.42. The summed E-state index contributed by atoms with van der Waals surface area (Å²) in [4.78, 5) is 27.4. The van der Waals surface area contributed by atoms with Crippen molar-refractivity contribution in [1.29, 1.82) is 0 Å². The molecule has 0 aliphatic rings. The third kappa shape index (κ3) is 3.86. The van der Waals surface area contributed by atoms with Crippen LogP contribution in [0.25, 0.3) is 11.3 Å². The fourth-order valence-corrected chi connectivity index (χ4v) is 2.59. The normalized spacial score (nSPS) is 10.7. The van der Waals surface area contributed by atoms with Crippen molar-refractivity contribution in [3.8, 4) is 11.3 Å². The average Bonchev–Trinajstić information content (AvgIpc) is 2.62. The highest BCUT2D eigenvalue weighted by molar-refractivity contribution is 6.04. The molecule has 3 aromatic rings. The Kier molecular flexibility index (Phi) is 4.80. The van der Waals surface area contributed by atoms with Crippen LogP contribution in [0.2, 0.25) is 0 Å². The molecule has 0 aliphatic heterocycles. The molecule has 126 valence electrons. The Bertz CT molecular complexity index is 926. The van der Waals surface area contributed by atoms with Crippen LogP contribution in [0.3, 0.4) is 0 Å². The van der Waals surface area contributed by atoms with Crippen LogP contribution in [0.5, 0.6) is 0 Å². The molecule has 0 unspecified atom stereocenters. The van der Waals surface area contributed by atoms with Gasteiger partial charge in [-0.25, -0.2) is 0 Å². The number of aromatic nitrogens is 1. The minimum Gasteiger partial charge on any atom is -0.322 e. The Labute approximate surface area is 146 Å². The molecule has 0 spiro atoms. The van der Waals surface area contributed by atoms with Gasteiger partial charge in [-0.3, -0.25) is 9.59 Å². The molecule has 0 radical (unpaired) electrons. The number of H-pyrrole nitrogens is 1. The molecule has 1 heterocycles. The number of benzene rings is 2. The highest BCUT2D eigenvalue weighted by atomic mass is 16.2. The summed E-state index contributed by atoms with van der Waals surface area (Å²) >= 11 is 0. The number of hydrogen-bond donors (Lipinski definition) is 2. The van der Waals surface area contributed by atoms with Crippen molar-refractivity contribution in [1.82, 2.24) is 4.98 Å². The molecule has 0 saturated heterocycles. The lowest BCUT2D eigenvalue weighted by molar-refractivity contribution is 0.102. The van der Waals surface area contributed by atoms with E-state index in [0.29, 0.717) is 17.3 Å². The van der Waals surface area contributed by atoms with Gasteiger partial charge in [-0.05, 0) is 41.3 Å². The fourth-order valence-electron chi connectivity index (χ4n) is 2.59. The van der Waals surface area contributed by atoms with Gasteiger partial charge in [-0.1, -0.05) is 56.3 Å². The van der Waals surface area contributed by atoms with Gasteiger partial charge in [0, 0.05) is 11.4 Å². The quantitative estimate of drug-likeness (QED) is 0.743. The van der Waals surface area contributed by atoms with Crippen LogP contribution in [-0.4, -0.2) is 10.9 Å². The molecule has 0 atom stereocenters. The Hall–Kier alpha value is -3.14. The Balaban J connectivity index is 1.79. The number of nitrogens with one attached hydrogen (secondary N) is 2. The molecule has 1 aromatic heterocycles. The van der Waals surface area contributed by atoms with Crippen molar-refractivity contribution < 1.29 is 4.79 Å². The standard InChI is InChI=1S/C21H20N2O2/c1-14(2)15-8-10-17(11-9-15)22-20(24)18-12-13-19(23-21(18)25)16-6-4-3-5-7-16/h3-14H,1-2H3,(H,22,24)(H,23,25). The van der Waals surface area contributed by atoms with Gasteiger partial charge < -0.3 is 10.3 Å². The number of amides is 1. The van der Waals surface area contributed by atoms with Gasteiger partial charge in [0.2, 0.25) is 0 Å². The smallest absolute Gasteiger partial charge is 0.261 e. The largest absolute Gasteiger partial charge is 0.322 e. The van der Waals surface area contributed by atoms with E-state index < -0.39 is 11.5 Å². The predicted molar refractivity (Wildman–Crippen MR) is 101 cm³/mol. The SMILES string of the molecule is CC(C)c1ccc(NC(=O)c2ccc(-c3ccccc3)[nH]c2=O)cc1. The summed E-state index contributed by atoms with van der Waals surface area (Å²) in [7, 11) is 0. The minimum atomic E-state index is -0.418. The second-order valence-electron chi connectivity index (χ2n) is 6.21. The lowest BCUT2D eigenvalue weighted by atomic mass is 10.0. The summed E-state index contributed by atoms with van der Waals surface area (Å²) in [5, 5.41) is 2.77. The molecule has 2 N–H and O–H groups in total. The molecular formula is C21H20N2O2. The monoisotopic (exact) mass is 332 g/mol. The van der Waals surface area contributed by atoms with Crippen molar-refractivity contribution >= 4 is 11.6 Å². The second kappa shape index (κ2) is 7.18. The summed E-state index contributed by atoms with van der Waals surface area (Å²) in [5.74, 6) is 0.0104. The molecule has 1 amide bonds. The summed E-state index contributed by atoms with van der Waals surface area (Å²) < 4.78 is 0. The van der Waals surface area contributed by atoms with Crippen molar-refractivity contribution in [2.45, 2.75) is 19.8 Å². The number of rotatable bonds is 4. The van der Waals surface area contributed by atoms with E-state index in [1.54, 1.807) is 12.1 Å². The maximum atomic E-state index is 12.4. The number of pyridine rings is 1. The minimum absolute atomic E-state index is 0.0904. The van der Waals surface area contributed by atoms with E-state index in [4.69, 9.17) is 0 Å². The van der Waals surface area contributed by atoms with Crippen molar-refractivity contribution in [3.05, 3.63) is 88.2 Å². The third-order valence-electron chi connectivity index (χ3n) is 4.07. The van der Waals surface area contributed by atoms with Crippen molar-refractivity contribution in [2.24, 2.45) is 0 Å². The molecular weight excluding hydrogens is 312 g/mol. The third-order valence-corrected chi connectivity index (χ3v) is 4.07. The maximum Gasteiger partial charge on any atom is 0.261 e. The average molecular weight is 332 g/mol. The fraction of sp³-hybridized carbons (Fsp3) is 0.143. The van der Waals surface area contributed by atoms with E-state index in [2.05, 4.69) is 24.1 Å². The van der Waals surface area contributed by atoms with Crippen molar-refractivity contribution in [2.75, 3.05) is 5.32 Å². The van der Waals surface area contributed by atoms with E-state index in [-0.39, 0.29) is 5.56 Å². The van der Waals surface area contributed by atoms with Crippen LogP contribution in [0.1, 0.15) is 35.7 Å². The van der Waals surface area contributed by atoms with Gasteiger partial charge in [-0.2, -0.15) is 0 Å². The van der Waals surface area contributed by atoms with E-state index in [1.165, 1.54) is 5.56 Å². The first-order valence-electron chi connectivity index (χ1n) is 8.24. The molecule has 0 aliphatic carbocycles. The second-order valence-corrected chi connectivity index (χ2v) is 6.21. The van der Waals surface area contributed by atoms with E-state index in [9.17, 15) is 9.59 Å². The van der Waals surface area contributed by atoms with E-state index in [1.807, 2.05) is 54.6 Å². The molecule has 25 heavy (non-hydrogen) atoms. The highest BCUT2D eigenvalue weighted by Crippen LogP contribution is 2.18. The van der Waals surface area contributed by atoms with E-state index >= 15 is 0 Å². The molecule has 3 rings (SSSR count). The lowest BCUT2D eigenvalue weighted by Crippen LogP contribution is -2.23. The summed E-state index contributed by atoms with van der Waals surface area (Å²) in [6, 6.07) is 20.5. The number of hydrogen-bond acceptors (Lipinski definition) is 2. The summed E-state index contributed by atoms with van der Waals surface area (Å²) in [6.07, 6.45) is 0. The Morgan fingerprint density at radius 2 is 1.60 bits per heavy atom. The van der Waals surface area contributed by atoms with Gasteiger partial charge in [0.05, 0.1) is 0 Å². The zero-order valence-electron chi connectivity index (χ0n) is 14.2. The van der Waals surface area contributed by atoms with Gasteiger partial charge in [-0.15, -0.1) is 0 Å². The van der Waals surface area contributed by atoms with Crippen molar-refractivity contribution in [3.63, 3.8) is 0 Å². The highest BCUT2D eigenvalue weighted by Gasteiger charge is 2.12.